The summed E-state index contributed by atoms with van der Waals surface area (Å²) in [4.78, 5) is 12.0. The van der Waals surface area contributed by atoms with Gasteiger partial charge in [-0.2, -0.15) is 0 Å². The largest absolute Gasteiger partial charge is 0.508 e. The number of epoxide rings is 1. The fourth-order valence-electron chi connectivity index (χ4n) is 3.79. The van der Waals surface area contributed by atoms with Crippen molar-refractivity contribution in [3.05, 3.63) is 83.9 Å². The lowest BCUT2D eigenvalue weighted by atomic mass is 9.92. The molecule has 2 atom stereocenters. The summed E-state index contributed by atoms with van der Waals surface area (Å²) in [6, 6.07) is 23.0. The van der Waals surface area contributed by atoms with Crippen LogP contribution in [0.15, 0.2) is 72.8 Å². The Morgan fingerprint density at radius 1 is 1.03 bits per heavy atom. The highest BCUT2D eigenvalue weighted by atomic mass is 16.6. The van der Waals surface area contributed by atoms with E-state index in [-0.39, 0.29) is 24.2 Å². The second-order valence-corrected chi connectivity index (χ2v) is 7.69. The van der Waals surface area contributed by atoms with Crippen molar-refractivity contribution in [3.8, 4) is 22.6 Å². The van der Waals surface area contributed by atoms with Crippen molar-refractivity contribution >= 4 is 5.97 Å². The van der Waals surface area contributed by atoms with Crippen LogP contribution in [-0.4, -0.2) is 23.8 Å². The lowest BCUT2D eigenvalue weighted by Crippen LogP contribution is -2.19. The van der Waals surface area contributed by atoms with Crippen LogP contribution in [0.4, 0.5) is 0 Å². The molecule has 1 aliphatic rings. The van der Waals surface area contributed by atoms with Gasteiger partial charge >= 0.3 is 5.97 Å². The van der Waals surface area contributed by atoms with E-state index in [2.05, 4.69) is 6.07 Å². The van der Waals surface area contributed by atoms with Crippen LogP contribution < -0.4 is 4.74 Å². The van der Waals surface area contributed by atoms with Crippen LogP contribution in [0.3, 0.4) is 0 Å². The van der Waals surface area contributed by atoms with Crippen molar-refractivity contribution in [3.63, 3.8) is 0 Å². The average molecular weight is 418 g/mol. The maximum Gasteiger partial charge on any atom is 0.309 e. The minimum absolute atomic E-state index is 0.0219. The molecule has 1 saturated heterocycles. The summed E-state index contributed by atoms with van der Waals surface area (Å²) >= 11 is 0. The molecule has 1 heterocycles. The van der Waals surface area contributed by atoms with E-state index in [1.54, 1.807) is 19.1 Å². The highest BCUT2D eigenvalue weighted by Gasteiger charge is 2.56. The van der Waals surface area contributed by atoms with Gasteiger partial charge in [-0.25, -0.2) is 0 Å². The number of ether oxygens (including phenoxy) is 3. The Kier molecular flexibility index (Phi) is 5.96. The zero-order valence-electron chi connectivity index (χ0n) is 17.7. The standard InChI is InChI=1S/C26H26O5/c1-3-29-25(28)16-26(18(2)31-26)22-9-13-24(14-10-22)30-17-19-5-4-6-21(15-19)20-7-11-23(27)12-8-20/h4-15,18,27H,3,16-17H2,1-2H3. The summed E-state index contributed by atoms with van der Waals surface area (Å²) < 4.78 is 16.8. The molecule has 0 bridgehead atoms. The molecule has 0 aromatic heterocycles. The Bertz CT molecular complexity index is 1040. The van der Waals surface area contributed by atoms with E-state index in [1.807, 2.05) is 61.5 Å². The van der Waals surface area contributed by atoms with Gasteiger partial charge in [-0.05, 0) is 66.4 Å². The van der Waals surface area contributed by atoms with Crippen LogP contribution in [-0.2, 0) is 26.5 Å². The van der Waals surface area contributed by atoms with Gasteiger partial charge in [-0.1, -0.05) is 42.5 Å². The summed E-state index contributed by atoms with van der Waals surface area (Å²) in [5.41, 5.74) is 3.51. The first kappa shape index (κ1) is 20.9. The highest BCUT2D eigenvalue weighted by Crippen LogP contribution is 2.49. The van der Waals surface area contributed by atoms with Crippen molar-refractivity contribution in [2.75, 3.05) is 6.61 Å². The van der Waals surface area contributed by atoms with Crippen LogP contribution in [0, 0.1) is 0 Å². The van der Waals surface area contributed by atoms with Gasteiger partial charge in [0, 0.05) is 0 Å². The molecule has 31 heavy (non-hydrogen) atoms. The van der Waals surface area contributed by atoms with Crippen molar-refractivity contribution in [1.29, 1.82) is 0 Å². The SMILES string of the molecule is CCOC(=O)CC1(c2ccc(OCc3cccc(-c4ccc(O)cc4)c3)cc2)OC1C. The topological polar surface area (TPSA) is 68.3 Å². The van der Waals surface area contributed by atoms with E-state index in [0.717, 1.165) is 28.0 Å². The molecule has 4 rings (SSSR count). The number of aromatic hydroxyl groups is 1. The molecule has 3 aromatic rings. The van der Waals surface area contributed by atoms with Crippen LogP contribution in [0.2, 0.25) is 0 Å². The summed E-state index contributed by atoms with van der Waals surface area (Å²) in [6.45, 7) is 4.56. The number of phenols is 1. The molecule has 0 saturated carbocycles. The Morgan fingerprint density at radius 3 is 2.39 bits per heavy atom. The van der Waals surface area contributed by atoms with Crippen LogP contribution in [0.1, 0.15) is 31.4 Å². The van der Waals surface area contributed by atoms with E-state index in [1.165, 1.54) is 0 Å². The fourth-order valence-corrected chi connectivity index (χ4v) is 3.79. The zero-order chi connectivity index (χ0) is 21.8. The molecule has 3 aromatic carbocycles. The number of esters is 1. The van der Waals surface area contributed by atoms with Gasteiger partial charge in [0.15, 0.2) is 0 Å². The lowest BCUT2D eigenvalue weighted by Gasteiger charge is -2.14. The molecule has 160 valence electrons. The third-order valence-electron chi connectivity index (χ3n) is 5.57. The minimum Gasteiger partial charge on any atom is -0.508 e. The molecule has 0 radical (unpaired) electrons. The summed E-state index contributed by atoms with van der Waals surface area (Å²) in [5.74, 6) is 0.751. The zero-order valence-corrected chi connectivity index (χ0v) is 17.7. The van der Waals surface area contributed by atoms with Crippen molar-refractivity contribution in [2.24, 2.45) is 0 Å². The monoisotopic (exact) mass is 418 g/mol. The quantitative estimate of drug-likeness (QED) is 0.402. The first-order valence-corrected chi connectivity index (χ1v) is 10.5. The molecule has 1 N–H and O–H groups in total. The Balaban J connectivity index is 1.40. The van der Waals surface area contributed by atoms with Gasteiger partial charge in [0.2, 0.25) is 0 Å². The molecular formula is C26H26O5. The van der Waals surface area contributed by atoms with Crippen molar-refractivity contribution in [2.45, 2.75) is 38.6 Å². The molecule has 0 aliphatic carbocycles. The summed E-state index contributed by atoms with van der Waals surface area (Å²) in [5, 5.41) is 9.47. The van der Waals surface area contributed by atoms with E-state index in [0.29, 0.717) is 13.2 Å². The maximum atomic E-state index is 12.0. The van der Waals surface area contributed by atoms with Gasteiger partial charge < -0.3 is 19.3 Å². The molecule has 0 spiro atoms. The van der Waals surface area contributed by atoms with Gasteiger partial charge in [0.05, 0.1) is 19.1 Å². The lowest BCUT2D eigenvalue weighted by molar-refractivity contribution is -0.144. The first-order chi connectivity index (χ1) is 15.0. The van der Waals surface area contributed by atoms with Gasteiger partial charge in [-0.15, -0.1) is 0 Å². The highest BCUT2D eigenvalue weighted by molar-refractivity contribution is 5.72. The summed E-state index contributed by atoms with van der Waals surface area (Å²) in [7, 11) is 0. The first-order valence-electron chi connectivity index (χ1n) is 10.5. The normalized spacial score (nSPS) is 19.6. The van der Waals surface area contributed by atoms with Crippen LogP contribution >= 0.6 is 0 Å². The molecule has 1 aliphatic heterocycles. The fraction of sp³-hybridized carbons (Fsp3) is 0.269. The Morgan fingerprint density at radius 2 is 1.74 bits per heavy atom. The minimum atomic E-state index is -0.594. The van der Waals surface area contributed by atoms with E-state index in [9.17, 15) is 9.90 Å². The van der Waals surface area contributed by atoms with Gasteiger partial charge in [0.1, 0.15) is 23.7 Å². The smallest absolute Gasteiger partial charge is 0.309 e. The van der Waals surface area contributed by atoms with E-state index >= 15 is 0 Å². The Labute approximate surface area is 182 Å². The number of phenolic OH excluding ortho intramolecular Hbond substituents is 1. The summed E-state index contributed by atoms with van der Waals surface area (Å²) in [6.07, 6.45) is 0.193. The van der Waals surface area contributed by atoms with Gasteiger partial charge in [0.25, 0.3) is 0 Å². The van der Waals surface area contributed by atoms with Crippen molar-refractivity contribution in [1.82, 2.24) is 0 Å². The molecule has 5 nitrogen and oxygen atoms in total. The number of carbonyl (C=O) groups excluding carboxylic acids is 1. The predicted molar refractivity (Wildman–Crippen MR) is 118 cm³/mol. The Hall–Kier alpha value is -3.31. The van der Waals surface area contributed by atoms with Crippen LogP contribution in [0.5, 0.6) is 11.5 Å². The van der Waals surface area contributed by atoms with Crippen LogP contribution in [0.25, 0.3) is 11.1 Å². The molecule has 5 heteroatoms. The predicted octanol–water partition coefficient (Wildman–Crippen LogP) is 5.21. The average Bonchev–Trinajstić information content (AvgIpc) is 3.43. The van der Waals surface area contributed by atoms with Crippen molar-refractivity contribution < 1.29 is 24.1 Å². The number of hydrogen-bond acceptors (Lipinski definition) is 5. The van der Waals surface area contributed by atoms with Gasteiger partial charge in [-0.3, -0.25) is 4.79 Å². The second kappa shape index (κ2) is 8.82. The molecular weight excluding hydrogens is 392 g/mol. The third-order valence-corrected chi connectivity index (χ3v) is 5.57. The van der Waals surface area contributed by atoms with E-state index < -0.39 is 5.60 Å². The molecule has 1 fully saturated rings. The van der Waals surface area contributed by atoms with E-state index in [4.69, 9.17) is 14.2 Å². The number of hydrogen-bond donors (Lipinski definition) is 1. The molecule has 0 amide bonds. The molecule has 2 unspecified atom stereocenters. The number of carbonyl (C=O) groups is 1. The number of benzene rings is 3. The second-order valence-electron chi connectivity index (χ2n) is 7.69. The maximum absolute atomic E-state index is 12.0. The number of rotatable bonds is 8. The third kappa shape index (κ3) is 4.72.